The summed E-state index contributed by atoms with van der Waals surface area (Å²) in [5.41, 5.74) is 5.84. The fourth-order valence-corrected chi connectivity index (χ4v) is 5.98. The highest BCUT2D eigenvalue weighted by Gasteiger charge is 2.37. The molecular formula is C32H37ClN6O2. The number of piperazine rings is 1. The maximum atomic E-state index is 13.0. The third-order valence-corrected chi connectivity index (χ3v) is 8.19. The van der Waals surface area contributed by atoms with Crippen LogP contribution in [0.5, 0.6) is 0 Å². The molecule has 0 spiro atoms. The lowest BCUT2D eigenvalue weighted by molar-refractivity contribution is 0.0444. The fraction of sp³-hybridized carbons (Fsp3) is 0.375. The van der Waals surface area contributed by atoms with Gasteiger partial charge in [-0.25, -0.2) is 4.79 Å². The minimum atomic E-state index is -0.134. The van der Waals surface area contributed by atoms with Gasteiger partial charge in [-0.05, 0) is 71.8 Å². The van der Waals surface area contributed by atoms with Crippen molar-refractivity contribution in [2.45, 2.75) is 19.0 Å². The molecule has 2 amide bonds. The first kappa shape index (κ1) is 28.9. The van der Waals surface area contributed by atoms with Crippen molar-refractivity contribution in [1.29, 1.82) is 5.26 Å². The first-order chi connectivity index (χ1) is 20.0. The van der Waals surface area contributed by atoms with Gasteiger partial charge in [0.2, 0.25) is 0 Å². The quantitative estimate of drug-likeness (QED) is 0.513. The van der Waals surface area contributed by atoms with Crippen LogP contribution in [0.25, 0.3) is 5.57 Å². The largest absolute Gasteiger partial charge is 0.382 e. The van der Waals surface area contributed by atoms with Gasteiger partial charge in [0, 0.05) is 56.5 Å². The summed E-state index contributed by atoms with van der Waals surface area (Å²) >= 11 is 6.57. The number of nitrogens with zero attached hydrogens (tertiary/aromatic N) is 4. The van der Waals surface area contributed by atoms with Crippen LogP contribution in [0.2, 0.25) is 5.02 Å². The fourth-order valence-electron chi connectivity index (χ4n) is 5.81. The van der Waals surface area contributed by atoms with Crippen LogP contribution in [0.4, 0.5) is 10.5 Å². The number of hydrogen-bond acceptors (Lipinski definition) is 6. The molecule has 2 unspecified atom stereocenters. The van der Waals surface area contributed by atoms with Crippen LogP contribution in [0.1, 0.15) is 29.7 Å². The summed E-state index contributed by atoms with van der Waals surface area (Å²) in [7, 11) is 0. The van der Waals surface area contributed by atoms with Gasteiger partial charge in [0.15, 0.2) is 0 Å². The van der Waals surface area contributed by atoms with Gasteiger partial charge in [-0.1, -0.05) is 36.4 Å². The van der Waals surface area contributed by atoms with E-state index < -0.39 is 0 Å². The van der Waals surface area contributed by atoms with E-state index in [0.717, 1.165) is 44.0 Å². The number of hydrogen-bond donors (Lipinski definition) is 2. The lowest BCUT2D eigenvalue weighted by Gasteiger charge is -2.42. The lowest BCUT2D eigenvalue weighted by Crippen LogP contribution is -2.54. The van der Waals surface area contributed by atoms with Crippen LogP contribution >= 0.6 is 11.6 Å². The van der Waals surface area contributed by atoms with E-state index in [1.54, 1.807) is 24.3 Å². The summed E-state index contributed by atoms with van der Waals surface area (Å²) in [6.07, 6.45) is 6.22. The van der Waals surface area contributed by atoms with E-state index in [9.17, 15) is 4.79 Å². The Morgan fingerprint density at radius 2 is 1.85 bits per heavy atom. The second-order valence-electron chi connectivity index (χ2n) is 10.6. The second kappa shape index (κ2) is 13.4. The number of nitriles is 1. The minimum Gasteiger partial charge on any atom is -0.382 e. The molecule has 0 saturated carbocycles. The van der Waals surface area contributed by atoms with E-state index in [1.165, 1.54) is 11.1 Å². The number of anilines is 1. The maximum absolute atomic E-state index is 13.0. The Hall–Kier alpha value is -3.61. The monoisotopic (exact) mass is 572 g/mol. The van der Waals surface area contributed by atoms with Crippen LogP contribution in [0, 0.1) is 11.3 Å². The van der Waals surface area contributed by atoms with Crippen LogP contribution in [-0.2, 0) is 4.74 Å². The maximum Gasteiger partial charge on any atom is 0.321 e. The number of ether oxygens (including phenoxy) is 1. The summed E-state index contributed by atoms with van der Waals surface area (Å²) in [4.78, 5) is 19.8. The van der Waals surface area contributed by atoms with Crippen molar-refractivity contribution in [3.8, 4) is 6.07 Å². The van der Waals surface area contributed by atoms with Crippen molar-refractivity contribution < 1.29 is 9.53 Å². The molecule has 2 atom stereocenters. The molecule has 8 nitrogen and oxygen atoms in total. The Balaban J connectivity index is 1.37. The lowest BCUT2D eigenvalue weighted by atomic mass is 9.91. The average Bonchev–Trinajstić information content (AvgIpc) is 3.10. The summed E-state index contributed by atoms with van der Waals surface area (Å²) in [6.45, 7) is 13.3. The number of allylic oxidation sites excluding steroid dienone is 1. The van der Waals surface area contributed by atoms with E-state index in [2.05, 4.69) is 51.3 Å². The Kier molecular flexibility index (Phi) is 9.42. The van der Waals surface area contributed by atoms with Crippen molar-refractivity contribution in [2.75, 3.05) is 64.3 Å². The third kappa shape index (κ3) is 6.83. The van der Waals surface area contributed by atoms with Gasteiger partial charge in [0.1, 0.15) is 0 Å². The highest BCUT2D eigenvalue weighted by atomic mass is 35.5. The van der Waals surface area contributed by atoms with E-state index in [0.29, 0.717) is 42.5 Å². The van der Waals surface area contributed by atoms with Gasteiger partial charge in [-0.2, -0.15) is 5.26 Å². The molecule has 41 heavy (non-hydrogen) atoms. The first-order valence-corrected chi connectivity index (χ1v) is 14.5. The Labute approximate surface area is 247 Å². The van der Waals surface area contributed by atoms with Crippen LogP contribution in [-0.4, -0.2) is 85.8 Å². The molecule has 5 rings (SSSR count). The molecule has 1 aliphatic carbocycles. The Morgan fingerprint density at radius 3 is 2.54 bits per heavy atom. The number of carbonyl (C=O) groups is 1. The van der Waals surface area contributed by atoms with Gasteiger partial charge in [0.05, 0.1) is 36.9 Å². The highest BCUT2D eigenvalue weighted by molar-refractivity contribution is 6.30. The second-order valence-corrected chi connectivity index (χ2v) is 11.0. The zero-order chi connectivity index (χ0) is 28.8. The van der Waals surface area contributed by atoms with Crippen molar-refractivity contribution in [3.05, 3.63) is 94.7 Å². The summed E-state index contributed by atoms with van der Waals surface area (Å²) in [6, 6.07) is 15.1. The molecule has 9 heteroatoms. The summed E-state index contributed by atoms with van der Waals surface area (Å²) < 4.78 is 5.58. The molecule has 0 aromatic heterocycles. The topological polar surface area (TPSA) is 83.9 Å². The van der Waals surface area contributed by atoms with Crippen molar-refractivity contribution in [3.63, 3.8) is 0 Å². The summed E-state index contributed by atoms with van der Waals surface area (Å²) in [5, 5.41) is 16.3. The molecule has 2 N–H and O–H groups in total. The number of nitrogens with one attached hydrogen (secondary N) is 2. The molecule has 2 aromatic carbocycles. The molecule has 214 valence electrons. The number of halogens is 1. The molecular weight excluding hydrogens is 536 g/mol. The van der Waals surface area contributed by atoms with E-state index in [1.807, 2.05) is 30.2 Å². The number of benzene rings is 2. The van der Waals surface area contributed by atoms with Crippen molar-refractivity contribution in [1.82, 2.24) is 20.0 Å². The first-order valence-electron chi connectivity index (χ1n) is 14.1. The molecule has 2 fully saturated rings. The number of morpholine rings is 1. The number of carbonyl (C=O) groups excluding carboxylic acids is 1. The molecule has 2 aliphatic heterocycles. The minimum absolute atomic E-state index is 0.00754. The molecule has 0 bridgehead atoms. The predicted octanol–water partition coefficient (Wildman–Crippen LogP) is 4.88. The molecule has 2 saturated heterocycles. The zero-order valence-electron chi connectivity index (χ0n) is 23.5. The number of rotatable bonds is 6. The SMILES string of the molecule is C=C1C=C(CN2CCOCC2)c2cc(Cl)ccc2C(N2CCN(C(=O)Nc3ccc(C#N)cc3)CC2)C1N/C=C\C. The van der Waals surface area contributed by atoms with E-state index >= 15 is 0 Å². The third-order valence-electron chi connectivity index (χ3n) is 7.96. The highest BCUT2D eigenvalue weighted by Crippen LogP contribution is 2.39. The average molecular weight is 573 g/mol. The van der Waals surface area contributed by atoms with Gasteiger partial charge >= 0.3 is 6.03 Å². The standard InChI is InChI=1S/C32H37ClN6O2/c1-3-10-35-30-23(2)19-25(22-37-15-17-41-18-16-37)29-20-26(33)6-9-28(29)31(30)38-11-13-39(14-12-38)32(40)36-27-7-4-24(21-34)5-8-27/h3-10,19-20,30-31,35H,2,11-18,22H2,1H3,(H,36,40)/b10-3-. The normalized spacial score (nSPS) is 22.0. The number of urea groups is 1. The molecule has 2 heterocycles. The van der Waals surface area contributed by atoms with E-state index in [-0.39, 0.29) is 18.1 Å². The van der Waals surface area contributed by atoms with Crippen LogP contribution in [0.15, 0.2) is 73.0 Å². The van der Waals surface area contributed by atoms with Gasteiger partial charge in [-0.3, -0.25) is 9.80 Å². The smallest absolute Gasteiger partial charge is 0.321 e. The van der Waals surface area contributed by atoms with Crippen molar-refractivity contribution >= 4 is 28.9 Å². The van der Waals surface area contributed by atoms with Crippen LogP contribution in [0.3, 0.4) is 0 Å². The van der Waals surface area contributed by atoms with Crippen molar-refractivity contribution in [2.24, 2.45) is 0 Å². The number of fused-ring (bicyclic) bond motifs is 1. The number of amides is 2. The van der Waals surface area contributed by atoms with Gasteiger partial charge in [0.25, 0.3) is 0 Å². The summed E-state index contributed by atoms with van der Waals surface area (Å²) in [5.74, 6) is 0. The Bertz CT molecular complexity index is 1350. The van der Waals surface area contributed by atoms with E-state index in [4.69, 9.17) is 21.6 Å². The predicted molar refractivity (Wildman–Crippen MR) is 164 cm³/mol. The Morgan fingerprint density at radius 1 is 1.12 bits per heavy atom. The molecule has 3 aliphatic rings. The molecule has 2 aromatic rings. The van der Waals surface area contributed by atoms with Gasteiger partial charge < -0.3 is 20.3 Å². The zero-order valence-corrected chi connectivity index (χ0v) is 24.2. The van der Waals surface area contributed by atoms with Gasteiger partial charge in [-0.15, -0.1) is 0 Å². The molecule has 0 radical (unpaired) electrons. The van der Waals surface area contributed by atoms with Crippen LogP contribution < -0.4 is 10.6 Å².